The first-order valence-electron chi connectivity index (χ1n) is 4.65. The third-order valence-corrected chi connectivity index (χ3v) is 2.85. The Hall–Kier alpha value is -1.12. The Morgan fingerprint density at radius 2 is 1.79 bits per heavy atom. The first-order valence-corrected chi connectivity index (χ1v) is 5.53. The van der Waals surface area contributed by atoms with Crippen molar-refractivity contribution < 1.29 is 0 Å². The van der Waals surface area contributed by atoms with Crippen LogP contribution in [0.4, 0.5) is 0 Å². The molecule has 0 N–H and O–H groups in total. The molecule has 1 heterocycles. The summed E-state index contributed by atoms with van der Waals surface area (Å²) < 4.78 is 0. The second kappa shape index (κ2) is 4.94. The molecule has 0 aliphatic rings. The van der Waals surface area contributed by atoms with E-state index >= 15 is 0 Å². The van der Waals surface area contributed by atoms with Crippen LogP contribution in [-0.2, 0) is 13.1 Å². The molecule has 0 saturated carbocycles. The highest BCUT2D eigenvalue weighted by molar-refractivity contribution is 7.09. The van der Waals surface area contributed by atoms with Crippen LogP contribution in [-0.4, -0.2) is 0 Å². The molecule has 71 valence electrons. The molecule has 0 bridgehead atoms. The highest BCUT2D eigenvalue weighted by Crippen LogP contribution is 2.08. The van der Waals surface area contributed by atoms with E-state index in [1.165, 1.54) is 10.4 Å². The number of benzene rings is 1. The van der Waals surface area contributed by atoms with Gasteiger partial charge in [0, 0.05) is 18.0 Å². The number of nitrogens with zero attached hydrogens (tertiary/aromatic N) is 1. The van der Waals surface area contributed by atoms with Crippen molar-refractivity contribution in [2.24, 2.45) is 0 Å². The SMILES string of the molecule is c1ccc(C[N]Cc2cccs2)cc1. The second-order valence-electron chi connectivity index (χ2n) is 3.10. The van der Waals surface area contributed by atoms with Crippen molar-refractivity contribution in [3.8, 4) is 0 Å². The highest BCUT2D eigenvalue weighted by atomic mass is 32.1. The molecule has 0 aliphatic heterocycles. The van der Waals surface area contributed by atoms with Crippen LogP contribution in [0.5, 0.6) is 0 Å². The Bertz CT molecular complexity index is 353. The van der Waals surface area contributed by atoms with E-state index in [1.54, 1.807) is 11.3 Å². The van der Waals surface area contributed by atoms with Gasteiger partial charge in [0.15, 0.2) is 0 Å². The van der Waals surface area contributed by atoms with E-state index in [0.29, 0.717) is 0 Å². The molecule has 1 nitrogen and oxygen atoms in total. The summed E-state index contributed by atoms with van der Waals surface area (Å²) in [4.78, 5) is 1.33. The fourth-order valence-electron chi connectivity index (χ4n) is 1.28. The highest BCUT2D eigenvalue weighted by Gasteiger charge is 1.94. The smallest absolute Gasteiger partial charge is 0.0482 e. The van der Waals surface area contributed by atoms with Gasteiger partial charge >= 0.3 is 0 Å². The third kappa shape index (κ3) is 2.69. The van der Waals surface area contributed by atoms with E-state index < -0.39 is 0 Å². The normalized spacial score (nSPS) is 10.3. The predicted molar refractivity (Wildman–Crippen MR) is 60.3 cm³/mol. The summed E-state index contributed by atoms with van der Waals surface area (Å²) in [6.07, 6.45) is 0. The molecule has 0 atom stereocenters. The van der Waals surface area contributed by atoms with Crippen LogP contribution in [0.15, 0.2) is 47.8 Å². The largest absolute Gasteiger partial charge is 0.231 e. The summed E-state index contributed by atoms with van der Waals surface area (Å²) in [5.41, 5.74) is 1.28. The van der Waals surface area contributed by atoms with Gasteiger partial charge in [-0.25, -0.2) is 5.32 Å². The van der Waals surface area contributed by atoms with Crippen LogP contribution in [0.2, 0.25) is 0 Å². The summed E-state index contributed by atoms with van der Waals surface area (Å²) in [5, 5.41) is 6.59. The fraction of sp³-hybridized carbons (Fsp3) is 0.167. The van der Waals surface area contributed by atoms with E-state index in [1.807, 2.05) is 6.07 Å². The van der Waals surface area contributed by atoms with Gasteiger partial charge in [-0.05, 0) is 17.0 Å². The topological polar surface area (TPSA) is 14.1 Å². The van der Waals surface area contributed by atoms with Gasteiger partial charge in [0.05, 0.1) is 0 Å². The predicted octanol–water partition coefficient (Wildman–Crippen LogP) is 3.05. The van der Waals surface area contributed by atoms with E-state index in [0.717, 1.165) is 13.1 Å². The van der Waals surface area contributed by atoms with Gasteiger partial charge in [0.1, 0.15) is 0 Å². The van der Waals surface area contributed by atoms with Gasteiger partial charge in [-0.1, -0.05) is 36.4 Å². The van der Waals surface area contributed by atoms with E-state index in [2.05, 4.69) is 47.1 Å². The van der Waals surface area contributed by atoms with Crippen molar-refractivity contribution in [2.45, 2.75) is 13.1 Å². The molecule has 1 radical (unpaired) electrons. The van der Waals surface area contributed by atoms with Crippen LogP contribution in [0, 0.1) is 0 Å². The van der Waals surface area contributed by atoms with Gasteiger partial charge in [0.25, 0.3) is 0 Å². The van der Waals surface area contributed by atoms with Crippen molar-refractivity contribution in [2.75, 3.05) is 0 Å². The molecule has 2 rings (SSSR count). The minimum atomic E-state index is 0.818. The number of thiophene rings is 1. The van der Waals surface area contributed by atoms with Crippen LogP contribution >= 0.6 is 11.3 Å². The Morgan fingerprint density at radius 3 is 2.50 bits per heavy atom. The zero-order chi connectivity index (χ0) is 9.64. The third-order valence-electron chi connectivity index (χ3n) is 1.98. The first-order chi connectivity index (χ1) is 6.95. The van der Waals surface area contributed by atoms with E-state index in [-0.39, 0.29) is 0 Å². The average Bonchev–Trinajstić information content (AvgIpc) is 2.72. The van der Waals surface area contributed by atoms with E-state index in [9.17, 15) is 0 Å². The molecule has 1 aromatic heterocycles. The van der Waals surface area contributed by atoms with E-state index in [4.69, 9.17) is 0 Å². The lowest BCUT2D eigenvalue weighted by Gasteiger charge is -2.00. The molecule has 0 saturated heterocycles. The molecule has 0 aliphatic carbocycles. The Balaban J connectivity index is 1.79. The Labute approximate surface area is 88.4 Å². The van der Waals surface area contributed by atoms with Crippen molar-refractivity contribution in [1.29, 1.82) is 0 Å². The fourth-order valence-corrected chi connectivity index (χ4v) is 1.94. The summed E-state index contributed by atoms with van der Waals surface area (Å²) in [6, 6.07) is 14.5. The van der Waals surface area contributed by atoms with Gasteiger partial charge in [-0.15, -0.1) is 11.3 Å². The van der Waals surface area contributed by atoms with Crippen molar-refractivity contribution in [1.82, 2.24) is 5.32 Å². The number of rotatable bonds is 4. The lowest BCUT2D eigenvalue weighted by molar-refractivity contribution is 0.684. The lowest BCUT2D eigenvalue weighted by atomic mass is 10.2. The maximum atomic E-state index is 4.49. The molecule has 2 aromatic rings. The number of hydrogen-bond donors (Lipinski definition) is 0. The summed E-state index contributed by atoms with van der Waals surface area (Å²) >= 11 is 1.76. The molecule has 0 spiro atoms. The summed E-state index contributed by atoms with van der Waals surface area (Å²) in [7, 11) is 0. The molecule has 0 unspecified atom stereocenters. The molecular weight excluding hydrogens is 190 g/mol. The van der Waals surface area contributed by atoms with Crippen LogP contribution in [0.1, 0.15) is 10.4 Å². The van der Waals surface area contributed by atoms with Crippen molar-refractivity contribution in [3.05, 3.63) is 58.3 Å². The first kappa shape index (κ1) is 9.44. The molecule has 14 heavy (non-hydrogen) atoms. The zero-order valence-corrected chi connectivity index (χ0v) is 8.70. The molecule has 2 heteroatoms. The maximum absolute atomic E-state index is 4.49. The van der Waals surface area contributed by atoms with Crippen molar-refractivity contribution in [3.63, 3.8) is 0 Å². The zero-order valence-electron chi connectivity index (χ0n) is 7.89. The number of hydrogen-bond acceptors (Lipinski definition) is 1. The van der Waals surface area contributed by atoms with Gasteiger partial charge in [0.2, 0.25) is 0 Å². The monoisotopic (exact) mass is 202 g/mol. The molecule has 0 amide bonds. The Kier molecular flexibility index (Phi) is 3.33. The van der Waals surface area contributed by atoms with Crippen LogP contribution in [0.25, 0.3) is 0 Å². The van der Waals surface area contributed by atoms with Crippen molar-refractivity contribution >= 4 is 11.3 Å². The standard InChI is InChI=1S/C12H12NS/c1-2-5-11(6-3-1)9-13-10-12-7-4-8-14-12/h1-8H,9-10H2. The summed E-state index contributed by atoms with van der Waals surface area (Å²) in [5.74, 6) is 0. The second-order valence-corrected chi connectivity index (χ2v) is 4.14. The molecule has 0 fully saturated rings. The molecular formula is C12H12NS. The molecule has 1 aromatic carbocycles. The maximum Gasteiger partial charge on any atom is 0.0482 e. The average molecular weight is 202 g/mol. The minimum absolute atomic E-state index is 0.818. The summed E-state index contributed by atoms with van der Waals surface area (Å²) in [6.45, 7) is 1.66. The van der Waals surface area contributed by atoms with Gasteiger partial charge < -0.3 is 0 Å². The van der Waals surface area contributed by atoms with Gasteiger partial charge in [-0.2, -0.15) is 0 Å². The minimum Gasteiger partial charge on any atom is -0.231 e. The van der Waals surface area contributed by atoms with Crippen LogP contribution < -0.4 is 5.32 Å². The lowest BCUT2D eigenvalue weighted by Crippen LogP contribution is -2.02. The van der Waals surface area contributed by atoms with Crippen LogP contribution in [0.3, 0.4) is 0 Å². The van der Waals surface area contributed by atoms with Gasteiger partial charge in [-0.3, -0.25) is 0 Å². The quantitative estimate of drug-likeness (QED) is 0.723. The Morgan fingerprint density at radius 1 is 0.929 bits per heavy atom.